The first-order valence-electron chi connectivity index (χ1n) is 8.50. The predicted molar refractivity (Wildman–Crippen MR) is 105 cm³/mol. The second-order valence-electron chi connectivity index (χ2n) is 6.87. The zero-order valence-electron chi connectivity index (χ0n) is 14.4. The molecule has 1 aromatic carbocycles. The molecule has 3 atom stereocenters. The number of amides is 2. The van der Waals surface area contributed by atoms with Crippen LogP contribution in [0.2, 0.25) is 0 Å². The first kappa shape index (κ1) is 20.1. The molecule has 5 nitrogen and oxygen atoms in total. The minimum Gasteiger partial charge on any atom is -0.341 e. The minimum absolute atomic E-state index is 0. The van der Waals surface area contributed by atoms with E-state index in [2.05, 4.69) is 5.32 Å². The summed E-state index contributed by atoms with van der Waals surface area (Å²) in [6.45, 7) is 3.64. The van der Waals surface area contributed by atoms with Crippen LogP contribution in [-0.2, 0) is 9.59 Å². The van der Waals surface area contributed by atoms with Gasteiger partial charge in [-0.2, -0.15) is 0 Å². The van der Waals surface area contributed by atoms with Crippen LogP contribution in [0.25, 0.3) is 0 Å². The summed E-state index contributed by atoms with van der Waals surface area (Å²) in [7, 11) is 0. The fraction of sp³-hybridized carbons (Fsp3) is 0.556. The number of fused-ring (bicyclic) bond motifs is 1. The van der Waals surface area contributed by atoms with Crippen molar-refractivity contribution in [3.05, 3.63) is 29.8 Å². The molecule has 0 bridgehead atoms. The fourth-order valence-electron chi connectivity index (χ4n) is 3.67. The molecule has 2 amide bonds. The number of carbonyl (C=O) groups excluding carboxylic acids is 2. The lowest BCUT2D eigenvalue weighted by Crippen LogP contribution is -2.34. The van der Waals surface area contributed by atoms with Crippen LogP contribution < -0.4 is 11.1 Å². The average Bonchev–Trinajstić information content (AvgIpc) is 3.12. The van der Waals surface area contributed by atoms with Gasteiger partial charge in [-0.3, -0.25) is 9.59 Å². The smallest absolute Gasteiger partial charge is 0.234 e. The lowest BCUT2D eigenvalue weighted by atomic mass is 9.98. The Labute approximate surface area is 159 Å². The molecule has 7 heteroatoms. The number of anilines is 1. The summed E-state index contributed by atoms with van der Waals surface area (Å²) in [6, 6.07) is 7.94. The van der Waals surface area contributed by atoms with E-state index < -0.39 is 0 Å². The van der Waals surface area contributed by atoms with Crippen molar-refractivity contribution in [3.8, 4) is 0 Å². The van der Waals surface area contributed by atoms with Crippen LogP contribution in [0.4, 0.5) is 5.69 Å². The number of nitrogens with two attached hydrogens (primary N) is 1. The van der Waals surface area contributed by atoms with E-state index in [9.17, 15) is 9.59 Å². The van der Waals surface area contributed by atoms with Crippen LogP contribution in [0.15, 0.2) is 24.3 Å². The summed E-state index contributed by atoms with van der Waals surface area (Å²) >= 11 is 1.37. The molecular weight excluding hydrogens is 358 g/mol. The number of rotatable bonds is 5. The number of carbonyl (C=O) groups is 2. The lowest BCUT2D eigenvalue weighted by Gasteiger charge is -2.18. The number of nitrogens with zero attached hydrogens (tertiary/aromatic N) is 1. The van der Waals surface area contributed by atoms with Crippen molar-refractivity contribution in [2.24, 2.45) is 17.6 Å². The number of halogens is 1. The Morgan fingerprint density at radius 1 is 1.20 bits per heavy atom. The number of likely N-dealkylation sites (tertiary alicyclic amines) is 1. The van der Waals surface area contributed by atoms with E-state index in [1.54, 1.807) is 0 Å². The first-order chi connectivity index (χ1) is 11.5. The molecule has 0 radical (unpaired) electrons. The molecule has 1 saturated heterocycles. The molecule has 1 aliphatic heterocycles. The maximum atomic E-state index is 12.3. The maximum absolute atomic E-state index is 12.3. The molecule has 2 fully saturated rings. The van der Waals surface area contributed by atoms with E-state index in [0.29, 0.717) is 23.3 Å². The van der Waals surface area contributed by atoms with Gasteiger partial charge in [0.1, 0.15) is 0 Å². The molecule has 0 spiro atoms. The SMILES string of the molecule is Cc1ccc(NC(=O)CSCC(=O)N2CC3CCC(N)C3C2)cc1.Cl. The van der Waals surface area contributed by atoms with Crippen LogP contribution in [0.1, 0.15) is 18.4 Å². The Kier molecular flexibility index (Phi) is 7.16. The topological polar surface area (TPSA) is 75.4 Å². The third-order valence-corrected chi connectivity index (χ3v) is 5.98. The van der Waals surface area contributed by atoms with Crippen molar-refractivity contribution >= 4 is 41.7 Å². The van der Waals surface area contributed by atoms with Crippen molar-refractivity contribution in [2.75, 3.05) is 29.9 Å². The number of thioether (sulfide) groups is 1. The van der Waals surface area contributed by atoms with Gasteiger partial charge in [0.05, 0.1) is 11.5 Å². The summed E-state index contributed by atoms with van der Waals surface area (Å²) in [6.07, 6.45) is 2.23. The van der Waals surface area contributed by atoms with Crippen molar-refractivity contribution in [1.29, 1.82) is 0 Å². The van der Waals surface area contributed by atoms with Crippen LogP contribution in [-0.4, -0.2) is 47.4 Å². The molecule has 0 aromatic heterocycles. The fourth-order valence-corrected chi connectivity index (χ4v) is 4.38. The van der Waals surface area contributed by atoms with E-state index in [-0.39, 0.29) is 30.3 Å². The number of aryl methyl sites for hydroxylation is 1. The molecule has 1 heterocycles. The first-order valence-corrected chi connectivity index (χ1v) is 9.66. The van der Waals surface area contributed by atoms with Crippen LogP contribution in [0.3, 0.4) is 0 Å². The van der Waals surface area contributed by atoms with Gasteiger partial charge >= 0.3 is 0 Å². The standard InChI is InChI=1S/C18H25N3O2S.ClH/c1-12-2-5-14(6-3-12)20-17(22)10-24-11-18(23)21-8-13-4-7-16(19)15(13)9-21;/h2-3,5-6,13,15-16H,4,7-11,19H2,1H3,(H,20,22);1H. The lowest BCUT2D eigenvalue weighted by molar-refractivity contribution is -0.127. The van der Waals surface area contributed by atoms with Crippen molar-refractivity contribution in [2.45, 2.75) is 25.8 Å². The van der Waals surface area contributed by atoms with Gasteiger partial charge in [0.25, 0.3) is 0 Å². The second kappa shape index (κ2) is 8.92. The second-order valence-corrected chi connectivity index (χ2v) is 7.86. The molecule has 25 heavy (non-hydrogen) atoms. The largest absolute Gasteiger partial charge is 0.341 e. The Morgan fingerprint density at radius 2 is 1.92 bits per heavy atom. The van der Waals surface area contributed by atoms with E-state index in [0.717, 1.165) is 37.2 Å². The third kappa shape index (κ3) is 5.12. The highest BCUT2D eigenvalue weighted by molar-refractivity contribution is 8.00. The zero-order valence-corrected chi connectivity index (χ0v) is 16.1. The predicted octanol–water partition coefficient (Wildman–Crippen LogP) is 2.28. The Hall–Kier alpha value is -1.24. The Balaban J connectivity index is 0.00000225. The van der Waals surface area contributed by atoms with Gasteiger partial charge < -0.3 is 16.0 Å². The average molecular weight is 384 g/mol. The van der Waals surface area contributed by atoms with Crippen molar-refractivity contribution in [3.63, 3.8) is 0 Å². The molecule has 138 valence electrons. The normalized spacial score (nSPS) is 24.6. The van der Waals surface area contributed by atoms with Crippen molar-refractivity contribution in [1.82, 2.24) is 4.90 Å². The van der Waals surface area contributed by atoms with Gasteiger partial charge in [-0.15, -0.1) is 24.2 Å². The van der Waals surface area contributed by atoms with Gasteiger partial charge in [-0.1, -0.05) is 17.7 Å². The summed E-state index contributed by atoms with van der Waals surface area (Å²) in [4.78, 5) is 26.2. The summed E-state index contributed by atoms with van der Waals surface area (Å²) in [5.74, 6) is 1.76. The molecule has 3 unspecified atom stereocenters. The third-order valence-electron chi connectivity index (χ3n) is 5.06. The molecule has 2 aliphatic rings. The van der Waals surface area contributed by atoms with Gasteiger partial charge in [0, 0.05) is 24.8 Å². The number of benzene rings is 1. The highest BCUT2D eigenvalue weighted by atomic mass is 35.5. The number of hydrogen-bond donors (Lipinski definition) is 2. The van der Waals surface area contributed by atoms with E-state index in [4.69, 9.17) is 5.73 Å². The van der Waals surface area contributed by atoms with Gasteiger partial charge in [0.15, 0.2) is 0 Å². The molecule has 1 aromatic rings. The maximum Gasteiger partial charge on any atom is 0.234 e. The van der Waals surface area contributed by atoms with Crippen molar-refractivity contribution < 1.29 is 9.59 Å². The number of hydrogen-bond acceptors (Lipinski definition) is 4. The van der Waals surface area contributed by atoms with Gasteiger partial charge in [-0.05, 0) is 43.7 Å². The summed E-state index contributed by atoms with van der Waals surface area (Å²) < 4.78 is 0. The molecular formula is C18H26ClN3O2S. The van der Waals surface area contributed by atoms with Crippen LogP contribution in [0, 0.1) is 18.8 Å². The molecule has 3 rings (SSSR count). The summed E-state index contributed by atoms with van der Waals surface area (Å²) in [5.41, 5.74) is 8.05. The Morgan fingerprint density at radius 3 is 2.60 bits per heavy atom. The molecule has 1 saturated carbocycles. The number of nitrogens with one attached hydrogen (secondary N) is 1. The van der Waals surface area contributed by atoms with Gasteiger partial charge in [0.2, 0.25) is 11.8 Å². The monoisotopic (exact) mass is 383 g/mol. The van der Waals surface area contributed by atoms with E-state index >= 15 is 0 Å². The van der Waals surface area contributed by atoms with E-state index in [1.165, 1.54) is 11.8 Å². The quantitative estimate of drug-likeness (QED) is 0.817. The highest BCUT2D eigenvalue weighted by Gasteiger charge is 2.42. The minimum atomic E-state index is -0.0723. The Bertz CT molecular complexity index is 611. The van der Waals surface area contributed by atoms with E-state index in [1.807, 2.05) is 36.1 Å². The van der Waals surface area contributed by atoms with Gasteiger partial charge in [-0.25, -0.2) is 0 Å². The molecule has 1 aliphatic carbocycles. The zero-order chi connectivity index (χ0) is 17.1. The summed E-state index contributed by atoms with van der Waals surface area (Å²) in [5, 5.41) is 2.85. The highest BCUT2D eigenvalue weighted by Crippen LogP contribution is 2.37. The molecule has 3 N–H and O–H groups in total. The van der Waals surface area contributed by atoms with Crippen LogP contribution >= 0.6 is 24.2 Å². The van der Waals surface area contributed by atoms with Crippen LogP contribution in [0.5, 0.6) is 0 Å².